The van der Waals surface area contributed by atoms with Crippen LogP contribution < -0.4 is 10.5 Å². The highest BCUT2D eigenvalue weighted by Crippen LogP contribution is 2.09. The molecule has 0 bridgehead atoms. The van der Waals surface area contributed by atoms with E-state index in [9.17, 15) is 8.42 Å². The summed E-state index contributed by atoms with van der Waals surface area (Å²) in [7, 11) is -3.63. The Kier molecular flexibility index (Phi) is 4.43. The highest BCUT2D eigenvalue weighted by Gasteiger charge is 2.15. The van der Waals surface area contributed by atoms with Gasteiger partial charge in [0, 0.05) is 31.7 Å². The minimum atomic E-state index is -3.63. The number of nitrogens with zero attached hydrogens (tertiary/aromatic N) is 2. The summed E-state index contributed by atoms with van der Waals surface area (Å²) in [6.07, 6.45) is 4.77. The molecule has 0 fully saturated rings. The van der Waals surface area contributed by atoms with E-state index in [1.54, 1.807) is 18.5 Å². The number of pyridine rings is 2. The van der Waals surface area contributed by atoms with E-state index in [-0.39, 0.29) is 11.6 Å². The molecule has 0 spiro atoms. The van der Waals surface area contributed by atoms with Crippen LogP contribution in [0.3, 0.4) is 0 Å². The Hall–Kier alpha value is -1.83. The van der Waals surface area contributed by atoms with Crippen LogP contribution in [-0.4, -0.2) is 18.4 Å². The first-order chi connectivity index (χ1) is 9.53. The monoisotopic (exact) mass is 292 g/mol. The second kappa shape index (κ2) is 6.08. The quantitative estimate of drug-likeness (QED) is 0.846. The molecule has 2 rings (SSSR count). The predicted octanol–water partition coefficient (Wildman–Crippen LogP) is 0.722. The summed E-state index contributed by atoms with van der Waals surface area (Å²) >= 11 is 0. The Morgan fingerprint density at radius 1 is 1.25 bits per heavy atom. The van der Waals surface area contributed by atoms with Crippen LogP contribution in [0.25, 0.3) is 0 Å². The highest BCUT2D eigenvalue weighted by atomic mass is 32.2. The lowest BCUT2D eigenvalue weighted by Crippen LogP contribution is -2.24. The van der Waals surface area contributed by atoms with Gasteiger partial charge in [-0.15, -0.1) is 0 Å². The molecule has 0 saturated heterocycles. The smallest absolute Gasteiger partial charge is 0.258 e. The van der Waals surface area contributed by atoms with Gasteiger partial charge in [-0.3, -0.25) is 4.98 Å². The van der Waals surface area contributed by atoms with Crippen molar-refractivity contribution in [2.75, 3.05) is 0 Å². The van der Waals surface area contributed by atoms with E-state index in [0.717, 1.165) is 16.7 Å². The molecule has 7 heteroatoms. The Balaban J connectivity index is 2.13. The van der Waals surface area contributed by atoms with E-state index in [1.807, 2.05) is 13.0 Å². The topological polar surface area (TPSA) is 98.0 Å². The van der Waals surface area contributed by atoms with Crippen molar-refractivity contribution < 1.29 is 8.42 Å². The summed E-state index contributed by atoms with van der Waals surface area (Å²) in [5.74, 6) is 0. The van der Waals surface area contributed by atoms with Crippen molar-refractivity contribution in [3.05, 3.63) is 53.5 Å². The minimum absolute atomic E-state index is 0.0174. The zero-order chi connectivity index (χ0) is 14.6. The van der Waals surface area contributed by atoms with E-state index in [1.165, 1.54) is 12.3 Å². The Bertz CT molecular complexity index is 684. The van der Waals surface area contributed by atoms with Crippen LogP contribution >= 0.6 is 0 Å². The van der Waals surface area contributed by atoms with Gasteiger partial charge in [0.1, 0.15) is 0 Å². The lowest BCUT2D eigenvalue weighted by atomic mass is 10.2. The fourth-order valence-corrected chi connectivity index (χ4v) is 2.55. The van der Waals surface area contributed by atoms with E-state index in [4.69, 9.17) is 5.73 Å². The Morgan fingerprint density at radius 2 is 2.05 bits per heavy atom. The second-order valence-corrected chi connectivity index (χ2v) is 6.05. The molecule has 0 aromatic carbocycles. The van der Waals surface area contributed by atoms with E-state index in [0.29, 0.717) is 6.54 Å². The molecular formula is C13H16N4O2S. The molecule has 2 aromatic rings. The SMILES string of the molecule is Cc1ccncc1CNS(=O)(=O)c1ccc(CN)cn1. The number of hydrogen-bond acceptors (Lipinski definition) is 5. The van der Waals surface area contributed by atoms with Crippen LogP contribution in [0.1, 0.15) is 16.7 Å². The summed E-state index contributed by atoms with van der Waals surface area (Å²) in [5.41, 5.74) is 8.04. The maximum Gasteiger partial charge on any atom is 0.258 e. The molecule has 0 aliphatic rings. The zero-order valence-electron chi connectivity index (χ0n) is 11.1. The van der Waals surface area contributed by atoms with Crippen molar-refractivity contribution in [1.29, 1.82) is 0 Å². The van der Waals surface area contributed by atoms with Gasteiger partial charge in [0.2, 0.25) is 0 Å². The molecule has 0 aliphatic carbocycles. The number of hydrogen-bond donors (Lipinski definition) is 2. The fourth-order valence-electron chi connectivity index (χ4n) is 1.62. The number of rotatable bonds is 5. The molecular weight excluding hydrogens is 276 g/mol. The van der Waals surface area contributed by atoms with Crippen molar-refractivity contribution >= 4 is 10.0 Å². The van der Waals surface area contributed by atoms with Gasteiger partial charge in [0.15, 0.2) is 5.03 Å². The third-order valence-corrected chi connectivity index (χ3v) is 4.23. The average molecular weight is 292 g/mol. The van der Waals surface area contributed by atoms with Gasteiger partial charge in [-0.05, 0) is 35.7 Å². The van der Waals surface area contributed by atoms with Crippen molar-refractivity contribution in [3.63, 3.8) is 0 Å². The molecule has 6 nitrogen and oxygen atoms in total. The second-order valence-electron chi connectivity index (χ2n) is 4.34. The molecule has 106 valence electrons. The summed E-state index contributed by atoms with van der Waals surface area (Å²) in [6, 6.07) is 4.93. The molecule has 0 unspecified atom stereocenters. The number of nitrogens with one attached hydrogen (secondary N) is 1. The largest absolute Gasteiger partial charge is 0.326 e. The van der Waals surface area contributed by atoms with E-state index < -0.39 is 10.0 Å². The maximum atomic E-state index is 12.1. The first-order valence-corrected chi connectivity index (χ1v) is 7.55. The summed E-state index contributed by atoms with van der Waals surface area (Å²) in [4.78, 5) is 7.89. The van der Waals surface area contributed by atoms with Crippen LogP contribution in [0, 0.1) is 6.92 Å². The molecule has 0 atom stereocenters. The molecule has 2 aromatic heterocycles. The first-order valence-electron chi connectivity index (χ1n) is 6.07. The van der Waals surface area contributed by atoms with Gasteiger partial charge >= 0.3 is 0 Å². The highest BCUT2D eigenvalue weighted by molar-refractivity contribution is 7.89. The lowest BCUT2D eigenvalue weighted by Gasteiger charge is -2.08. The summed E-state index contributed by atoms with van der Waals surface area (Å²) in [5, 5.41) is -0.0174. The minimum Gasteiger partial charge on any atom is -0.326 e. The third-order valence-electron chi connectivity index (χ3n) is 2.91. The number of aromatic nitrogens is 2. The average Bonchev–Trinajstić information content (AvgIpc) is 2.46. The van der Waals surface area contributed by atoms with Gasteiger partial charge in [-0.1, -0.05) is 6.07 Å². The Labute approximate surface area is 118 Å². The van der Waals surface area contributed by atoms with Crippen LogP contribution in [0.4, 0.5) is 0 Å². The molecule has 0 amide bonds. The van der Waals surface area contributed by atoms with Crippen molar-refractivity contribution in [2.45, 2.75) is 25.0 Å². The van der Waals surface area contributed by atoms with Crippen molar-refractivity contribution in [3.8, 4) is 0 Å². The van der Waals surface area contributed by atoms with E-state index in [2.05, 4.69) is 14.7 Å². The van der Waals surface area contributed by atoms with Crippen molar-refractivity contribution in [2.24, 2.45) is 5.73 Å². The van der Waals surface area contributed by atoms with Gasteiger partial charge < -0.3 is 5.73 Å². The lowest BCUT2D eigenvalue weighted by molar-refractivity contribution is 0.577. The van der Waals surface area contributed by atoms with Gasteiger partial charge in [-0.2, -0.15) is 0 Å². The molecule has 0 aliphatic heterocycles. The zero-order valence-corrected chi connectivity index (χ0v) is 11.9. The number of nitrogens with two attached hydrogens (primary N) is 1. The van der Waals surface area contributed by atoms with Crippen LogP contribution in [0.15, 0.2) is 41.8 Å². The molecule has 20 heavy (non-hydrogen) atoms. The maximum absolute atomic E-state index is 12.1. The van der Waals surface area contributed by atoms with Crippen LogP contribution in [-0.2, 0) is 23.1 Å². The third kappa shape index (κ3) is 3.38. The summed E-state index contributed by atoms with van der Waals surface area (Å²) < 4.78 is 26.7. The Morgan fingerprint density at radius 3 is 2.65 bits per heavy atom. The molecule has 3 N–H and O–H groups in total. The fraction of sp³-hybridized carbons (Fsp3) is 0.231. The van der Waals surface area contributed by atoms with Crippen LogP contribution in [0.5, 0.6) is 0 Å². The predicted molar refractivity (Wildman–Crippen MR) is 75.1 cm³/mol. The van der Waals surface area contributed by atoms with Gasteiger partial charge in [-0.25, -0.2) is 18.1 Å². The number of aryl methyl sites for hydroxylation is 1. The molecule has 0 saturated carbocycles. The van der Waals surface area contributed by atoms with Gasteiger partial charge in [0.25, 0.3) is 10.0 Å². The van der Waals surface area contributed by atoms with Crippen molar-refractivity contribution in [1.82, 2.24) is 14.7 Å². The standard InChI is InChI=1S/C13H16N4O2S/c1-10-4-5-15-8-12(10)9-17-20(18,19)13-3-2-11(6-14)7-16-13/h2-5,7-8,17H,6,9,14H2,1H3. The normalized spacial score (nSPS) is 11.5. The van der Waals surface area contributed by atoms with E-state index >= 15 is 0 Å². The first kappa shape index (κ1) is 14.6. The molecule has 0 radical (unpaired) electrons. The molecule has 2 heterocycles. The summed E-state index contributed by atoms with van der Waals surface area (Å²) in [6.45, 7) is 2.41. The van der Waals surface area contributed by atoms with Crippen LogP contribution in [0.2, 0.25) is 0 Å². The van der Waals surface area contributed by atoms with Gasteiger partial charge in [0.05, 0.1) is 0 Å². The number of sulfonamides is 1.